The summed E-state index contributed by atoms with van der Waals surface area (Å²) in [5.74, 6) is -0.376. The number of rotatable bonds is 20. The van der Waals surface area contributed by atoms with Crippen molar-refractivity contribution in [3.05, 3.63) is 238 Å². The van der Waals surface area contributed by atoms with Gasteiger partial charge in [0, 0.05) is 41.5 Å². The summed E-state index contributed by atoms with van der Waals surface area (Å²) in [6.07, 6.45) is 2.66. The van der Waals surface area contributed by atoms with E-state index in [9.17, 15) is 23.9 Å². The average molecular weight is 1170 g/mol. The molecule has 3 atom stereocenters. The fraction of sp³-hybridized carbons (Fsp3) is 0.271. The number of hydrogen-bond donors (Lipinski definition) is 1. The summed E-state index contributed by atoms with van der Waals surface area (Å²) < 4.78 is 68.2. The number of carboxylic acid groups (broad SMARTS) is 1. The highest BCUT2D eigenvalue weighted by molar-refractivity contribution is 5.94. The van der Waals surface area contributed by atoms with Crippen LogP contribution in [0.25, 0.3) is 22.3 Å². The van der Waals surface area contributed by atoms with Crippen LogP contribution < -0.4 is 18.9 Å². The van der Waals surface area contributed by atoms with Gasteiger partial charge in [-0.25, -0.2) is 18.5 Å². The highest BCUT2D eigenvalue weighted by Crippen LogP contribution is 2.40. The van der Waals surface area contributed by atoms with Gasteiger partial charge >= 0.3 is 12.1 Å². The van der Waals surface area contributed by atoms with Crippen molar-refractivity contribution in [3.63, 3.8) is 0 Å². The number of carbonyl (C=O) groups is 3. The third-order valence-corrected chi connectivity index (χ3v) is 15.0. The Labute approximate surface area is 499 Å². The first-order chi connectivity index (χ1) is 41.3. The highest BCUT2D eigenvalue weighted by atomic mass is 19.1. The molecule has 444 valence electrons. The Kier molecular flexibility index (Phi) is 19.1. The monoisotopic (exact) mass is 1170 g/mol. The zero-order chi connectivity index (χ0) is 61.1. The number of halogens is 2. The molecule has 2 aromatic heterocycles. The van der Waals surface area contributed by atoms with Crippen LogP contribution in [-0.2, 0) is 44.8 Å². The van der Waals surface area contributed by atoms with Crippen molar-refractivity contribution in [1.29, 1.82) is 0 Å². The van der Waals surface area contributed by atoms with E-state index in [1.807, 2.05) is 103 Å². The highest BCUT2D eigenvalue weighted by Gasteiger charge is 2.39. The third kappa shape index (κ3) is 15.0. The van der Waals surface area contributed by atoms with Crippen LogP contribution in [0.2, 0.25) is 0 Å². The first-order valence-electron chi connectivity index (χ1n) is 28.2. The number of hydrogen-bond acceptors (Lipinski definition) is 12. The smallest absolute Gasteiger partial charge is 0.416 e. The van der Waals surface area contributed by atoms with Crippen LogP contribution >= 0.6 is 0 Å². The lowest BCUT2D eigenvalue weighted by molar-refractivity contribution is -0.137. The topological polar surface area (TPSA) is 173 Å². The molecule has 9 aromatic rings. The van der Waals surface area contributed by atoms with Crippen molar-refractivity contribution in [1.82, 2.24) is 15.2 Å². The van der Waals surface area contributed by atoms with Crippen molar-refractivity contribution in [3.8, 4) is 45.3 Å². The maximum Gasteiger partial charge on any atom is 0.416 e. The van der Waals surface area contributed by atoms with Gasteiger partial charge in [0.15, 0.2) is 0 Å². The van der Waals surface area contributed by atoms with Crippen LogP contribution in [0.3, 0.4) is 0 Å². The number of nitrogens with zero attached hydrogens (tertiary/aromatic N) is 3. The Balaban J connectivity index is 0.000000214. The molecule has 10 rings (SSSR count). The van der Waals surface area contributed by atoms with E-state index < -0.39 is 29.9 Å². The van der Waals surface area contributed by atoms with Crippen LogP contribution in [-0.4, -0.2) is 65.2 Å². The van der Waals surface area contributed by atoms with Gasteiger partial charge in [-0.2, -0.15) is 0 Å². The quantitative estimate of drug-likeness (QED) is 0.0764. The van der Waals surface area contributed by atoms with Crippen molar-refractivity contribution >= 4 is 18.0 Å². The summed E-state index contributed by atoms with van der Waals surface area (Å²) in [6.45, 7) is 13.3. The zero-order valence-electron chi connectivity index (χ0n) is 49.3. The Bertz CT molecular complexity index is 3750. The predicted molar refractivity (Wildman–Crippen MR) is 321 cm³/mol. The zero-order valence-corrected chi connectivity index (χ0v) is 49.3. The molecule has 1 N–H and O–H groups in total. The lowest BCUT2D eigenvalue weighted by Gasteiger charge is -2.24. The second-order valence-electron chi connectivity index (χ2n) is 23.1. The first kappa shape index (κ1) is 61.0. The van der Waals surface area contributed by atoms with E-state index in [4.69, 9.17) is 32.7 Å². The fourth-order valence-electron chi connectivity index (χ4n) is 10.6. The minimum atomic E-state index is -0.921. The van der Waals surface area contributed by atoms with Crippen molar-refractivity contribution in [2.45, 2.75) is 103 Å². The molecule has 0 saturated carbocycles. The van der Waals surface area contributed by atoms with Crippen LogP contribution in [0.4, 0.5) is 13.6 Å². The number of aromatic nitrogens is 2. The molecule has 1 aliphatic heterocycles. The summed E-state index contributed by atoms with van der Waals surface area (Å²) in [4.78, 5) is 38.9. The molecule has 0 aliphatic carbocycles. The van der Waals surface area contributed by atoms with Crippen molar-refractivity contribution in [2.24, 2.45) is 0 Å². The van der Waals surface area contributed by atoms with E-state index in [-0.39, 0.29) is 61.0 Å². The standard InChI is InChI=1S/C40H39FN2O6.C30H30FNO5/c1-40(2,3)35-16-10-27(21-33(35)34-22-31(46-4)15-17-36(34)41)24-47-30-13-11-28(12-14-30)32(37-18-19-49-42-37)23-38(44)43-29(25-48-39(43)45)20-26-8-6-5-7-9-26;1-30(2,3)26-11-5-19(15-24(26)25-16-22(35-4)10-12-27(25)31)18-36-21-8-6-20(7-9-21)23(17-29(33)34)28-13-14-37-32-28/h5-19,21-22,29,32H,20,23-25H2,1-4H3;5-16,23H,17-18H2,1-4H3,(H,33,34)/t29-,32?;/m0./s1. The molecule has 86 heavy (non-hydrogen) atoms. The molecule has 2 unspecified atom stereocenters. The molecule has 0 bridgehead atoms. The summed E-state index contributed by atoms with van der Waals surface area (Å²) >= 11 is 0. The normalized spacial score (nSPS) is 13.9. The van der Waals surface area contributed by atoms with Gasteiger partial charge in [0.25, 0.3) is 0 Å². The molecule has 1 saturated heterocycles. The van der Waals surface area contributed by atoms with Gasteiger partial charge in [-0.15, -0.1) is 0 Å². The largest absolute Gasteiger partial charge is 0.497 e. The lowest BCUT2D eigenvalue weighted by Crippen LogP contribution is -2.40. The minimum Gasteiger partial charge on any atom is -0.497 e. The van der Waals surface area contributed by atoms with Crippen LogP contribution in [0.1, 0.15) is 117 Å². The SMILES string of the molecule is COc1ccc(F)c(-c2cc(COc3ccc(C(CC(=O)N4C(=O)OC[C@@H]4Cc4ccccc4)c4ccon4)cc3)ccc2C(C)(C)C)c1.COc1ccc(F)c(-c2cc(COc3ccc(C(CC(=O)O)c4ccon4)cc3)ccc2C(C)(C)C)c1. The van der Waals surface area contributed by atoms with Crippen molar-refractivity contribution in [2.75, 3.05) is 20.8 Å². The number of aliphatic carboxylic acids is 1. The van der Waals surface area contributed by atoms with Gasteiger partial charge in [0.2, 0.25) is 5.91 Å². The predicted octanol–water partition coefficient (Wildman–Crippen LogP) is 15.5. The minimum absolute atomic E-state index is 0.00311. The summed E-state index contributed by atoms with van der Waals surface area (Å²) in [6, 6.07) is 48.8. The summed E-state index contributed by atoms with van der Waals surface area (Å²) in [7, 11) is 3.13. The number of ether oxygens (including phenoxy) is 5. The first-order valence-corrected chi connectivity index (χ1v) is 28.2. The number of carbonyl (C=O) groups excluding carboxylic acids is 2. The number of cyclic esters (lactones) is 1. The Morgan fingerprint density at radius 2 is 1.02 bits per heavy atom. The number of imide groups is 1. The van der Waals surface area contributed by atoms with E-state index in [0.29, 0.717) is 51.9 Å². The molecular formula is C70H69F2N3O11. The van der Waals surface area contributed by atoms with E-state index in [2.05, 4.69) is 51.9 Å². The lowest BCUT2D eigenvalue weighted by atomic mass is 9.81. The van der Waals surface area contributed by atoms with Gasteiger partial charge in [0.1, 0.15) is 67.0 Å². The van der Waals surface area contributed by atoms with Crippen LogP contribution in [0.5, 0.6) is 23.0 Å². The molecule has 3 heterocycles. The average Bonchev–Trinajstić information content (AvgIpc) is 4.09. The maximum atomic E-state index is 15.1. The molecule has 16 heteroatoms. The molecule has 2 amide bonds. The van der Waals surface area contributed by atoms with E-state index in [0.717, 1.165) is 50.1 Å². The summed E-state index contributed by atoms with van der Waals surface area (Å²) in [5.41, 5.74) is 9.67. The second-order valence-corrected chi connectivity index (χ2v) is 23.1. The maximum absolute atomic E-state index is 15.1. The Morgan fingerprint density at radius 1 is 0.570 bits per heavy atom. The molecule has 7 aromatic carbocycles. The number of methoxy groups -OCH3 is 2. The Morgan fingerprint density at radius 3 is 1.44 bits per heavy atom. The number of benzene rings is 7. The van der Waals surface area contributed by atoms with Crippen LogP contribution in [0, 0.1) is 11.6 Å². The van der Waals surface area contributed by atoms with E-state index in [1.165, 1.54) is 29.6 Å². The fourth-order valence-corrected chi connectivity index (χ4v) is 10.6. The van der Waals surface area contributed by atoms with Gasteiger partial charge < -0.3 is 37.8 Å². The summed E-state index contributed by atoms with van der Waals surface area (Å²) in [5, 5.41) is 17.4. The number of amides is 2. The molecule has 1 aliphatic rings. The van der Waals surface area contributed by atoms with Crippen molar-refractivity contribution < 1.29 is 61.0 Å². The molecule has 14 nitrogen and oxygen atoms in total. The van der Waals surface area contributed by atoms with Gasteiger partial charge in [0.05, 0.1) is 38.1 Å². The van der Waals surface area contributed by atoms with E-state index >= 15 is 4.39 Å². The molecule has 0 radical (unpaired) electrons. The molecule has 1 fully saturated rings. The molecular weight excluding hydrogens is 1100 g/mol. The third-order valence-electron chi connectivity index (χ3n) is 15.0. The number of carboxylic acids is 1. The second kappa shape index (κ2) is 27.0. The van der Waals surface area contributed by atoms with Gasteiger partial charge in [-0.1, -0.05) is 131 Å². The van der Waals surface area contributed by atoms with Gasteiger partial charge in [-0.3, -0.25) is 9.59 Å². The van der Waals surface area contributed by atoms with Gasteiger partial charge in [-0.05, 0) is 140 Å². The Hall–Kier alpha value is -9.57. The molecule has 0 spiro atoms. The van der Waals surface area contributed by atoms with E-state index in [1.54, 1.807) is 62.8 Å². The van der Waals surface area contributed by atoms with Crippen LogP contribution in [0.15, 0.2) is 185 Å².